The summed E-state index contributed by atoms with van der Waals surface area (Å²) in [4.78, 5) is 22.5. The maximum atomic E-state index is 12.3. The zero-order valence-electron chi connectivity index (χ0n) is 12.1. The van der Waals surface area contributed by atoms with Gasteiger partial charge in [0.1, 0.15) is 0 Å². The normalized spacial score (nSPS) is 15.5. The molecule has 1 aromatic rings. The molecule has 2 rings (SSSR count). The lowest BCUT2D eigenvalue weighted by Crippen LogP contribution is -2.35. The number of ether oxygens (including phenoxy) is 1. The Balaban J connectivity index is 1.92. The molecule has 0 saturated heterocycles. The number of rotatable bonds is 8. The summed E-state index contributed by atoms with van der Waals surface area (Å²) in [6.45, 7) is 3.85. The number of nitro benzene ring substituents is 1. The van der Waals surface area contributed by atoms with Gasteiger partial charge in [-0.05, 0) is 31.7 Å². The second-order valence-corrected chi connectivity index (χ2v) is 5.19. The fraction of sp³-hybridized carbons (Fsp3) is 0.533. The number of benzene rings is 1. The largest absolute Gasteiger partial charge is 0.382 e. The highest BCUT2D eigenvalue weighted by Gasteiger charge is 2.51. The number of nitrogens with one attached hydrogen (secondary N) is 1. The van der Waals surface area contributed by atoms with Crippen LogP contribution in [0.25, 0.3) is 0 Å². The van der Waals surface area contributed by atoms with Gasteiger partial charge in [0.2, 0.25) is 5.91 Å². The predicted molar refractivity (Wildman–Crippen MR) is 78.1 cm³/mol. The minimum absolute atomic E-state index is 0.00727. The molecule has 0 unspecified atom stereocenters. The van der Waals surface area contributed by atoms with Crippen LogP contribution in [0.4, 0.5) is 5.69 Å². The van der Waals surface area contributed by atoms with Crippen LogP contribution in [0.15, 0.2) is 24.3 Å². The minimum atomic E-state index is -0.485. The van der Waals surface area contributed by atoms with Crippen molar-refractivity contribution >= 4 is 11.6 Å². The standard InChI is InChI=1S/C15H20N2O4/c1-2-21-11-3-10-16-14(18)15(8-9-15)12-4-6-13(7-5-12)17(19)20/h4-7H,2-3,8-11H2,1H3,(H,16,18). The number of nitro groups is 1. The molecule has 1 saturated carbocycles. The topological polar surface area (TPSA) is 81.5 Å². The minimum Gasteiger partial charge on any atom is -0.382 e. The lowest BCUT2D eigenvalue weighted by molar-refractivity contribution is -0.384. The van der Waals surface area contributed by atoms with E-state index in [4.69, 9.17) is 4.74 Å². The third kappa shape index (κ3) is 3.58. The number of carbonyl (C=O) groups excluding carboxylic acids is 1. The fourth-order valence-corrected chi connectivity index (χ4v) is 2.36. The van der Waals surface area contributed by atoms with Crippen molar-refractivity contribution in [2.45, 2.75) is 31.6 Å². The number of amides is 1. The number of nitrogens with zero attached hydrogens (tertiary/aromatic N) is 1. The van der Waals surface area contributed by atoms with Gasteiger partial charge in [0.25, 0.3) is 5.69 Å². The van der Waals surface area contributed by atoms with Crippen molar-refractivity contribution in [1.29, 1.82) is 0 Å². The number of non-ortho nitro benzene ring substituents is 1. The van der Waals surface area contributed by atoms with Crippen molar-refractivity contribution in [3.05, 3.63) is 39.9 Å². The summed E-state index contributed by atoms with van der Waals surface area (Å²) in [5, 5.41) is 13.6. The quantitative estimate of drug-likeness (QED) is 0.452. The average Bonchev–Trinajstić information content (AvgIpc) is 3.28. The maximum absolute atomic E-state index is 12.3. The first-order valence-corrected chi connectivity index (χ1v) is 7.21. The molecule has 1 amide bonds. The second-order valence-electron chi connectivity index (χ2n) is 5.19. The van der Waals surface area contributed by atoms with Crippen LogP contribution in [-0.4, -0.2) is 30.6 Å². The molecule has 6 nitrogen and oxygen atoms in total. The van der Waals surface area contributed by atoms with Crippen molar-refractivity contribution in [2.75, 3.05) is 19.8 Å². The van der Waals surface area contributed by atoms with Crippen LogP contribution in [0.2, 0.25) is 0 Å². The summed E-state index contributed by atoms with van der Waals surface area (Å²) in [7, 11) is 0. The van der Waals surface area contributed by atoms with Gasteiger partial charge in [-0.2, -0.15) is 0 Å². The first-order chi connectivity index (χ1) is 10.1. The Bertz CT molecular complexity index is 509. The predicted octanol–water partition coefficient (Wildman–Crippen LogP) is 2.17. The molecule has 6 heteroatoms. The average molecular weight is 292 g/mol. The van der Waals surface area contributed by atoms with E-state index >= 15 is 0 Å². The van der Waals surface area contributed by atoms with Gasteiger partial charge in [0, 0.05) is 31.9 Å². The molecule has 0 aromatic heterocycles. The summed E-state index contributed by atoms with van der Waals surface area (Å²) in [5.41, 5.74) is 0.419. The van der Waals surface area contributed by atoms with Gasteiger partial charge >= 0.3 is 0 Å². The Morgan fingerprint density at radius 2 is 2.05 bits per heavy atom. The number of hydrogen-bond acceptors (Lipinski definition) is 4. The van der Waals surface area contributed by atoms with E-state index in [0.717, 1.165) is 24.8 Å². The molecule has 1 aromatic carbocycles. The first-order valence-electron chi connectivity index (χ1n) is 7.21. The number of carbonyl (C=O) groups is 1. The van der Waals surface area contributed by atoms with Gasteiger partial charge in [-0.1, -0.05) is 12.1 Å². The van der Waals surface area contributed by atoms with Gasteiger partial charge in [-0.25, -0.2) is 0 Å². The molecule has 1 fully saturated rings. The highest BCUT2D eigenvalue weighted by atomic mass is 16.6. The Labute approximate surface area is 123 Å². The Morgan fingerprint density at radius 3 is 2.57 bits per heavy atom. The highest BCUT2D eigenvalue weighted by molar-refractivity contribution is 5.91. The lowest BCUT2D eigenvalue weighted by Gasteiger charge is -2.15. The lowest BCUT2D eigenvalue weighted by atomic mass is 9.94. The molecule has 0 heterocycles. The Morgan fingerprint density at radius 1 is 1.38 bits per heavy atom. The van der Waals surface area contributed by atoms with Crippen molar-refractivity contribution < 1.29 is 14.5 Å². The van der Waals surface area contributed by atoms with Gasteiger partial charge in [-0.3, -0.25) is 14.9 Å². The Hall–Kier alpha value is -1.95. The van der Waals surface area contributed by atoms with Crippen molar-refractivity contribution in [3.8, 4) is 0 Å². The van der Waals surface area contributed by atoms with Crippen LogP contribution in [0.3, 0.4) is 0 Å². The van der Waals surface area contributed by atoms with Crippen LogP contribution < -0.4 is 5.32 Å². The van der Waals surface area contributed by atoms with E-state index in [1.807, 2.05) is 6.92 Å². The zero-order valence-corrected chi connectivity index (χ0v) is 12.1. The monoisotopic (exact) mass is 292 g/mol. The molecule has 0 atom stereocenters. The van der Waals surface area contributed by atoms with Crippen LogP contribution in [0.5, 0.6) is 0 Å². The summed E-state index contributed by atoms with van der Waals surface area (Å²) in [5.74, 6) is 0.00727. The van der Waals surface area contributed by atoms with Gasteiger partial charge in [0.05, 0.1) is 10.3 Å². The smallest absolute Gasteiger partial charge is 0.269 e. The molecule has 1 N–H and O–H groups in total. The van der Waals surface area contributed by atoms with Crippen LogP contribution in [0, 0.1) is 10.1 Å². The third-order valence-corrected chi connectivity index (χ3v) is 3.77. The third-order valence-electron chi connectivity index (χ3n) is 3.77. The van der Waals surface area contributed by atoms with E-state index in [2.05, 4.69) is 5.32 Å². The second kappa shape index (κ2) is 6.67. The highest BCUT2D eigenvalue weighted by Crippen LogP contribution is 2.48. The molecule has 0 radical (unpaired) electrons. The molecular weight excluding hydrogens is 272 g/mol. The molecule has 114 valence electrons. The van der Waals surface area contributed by atoms with Crippen molar-refractivity contribution in [2.24, 2.45) is 0 Å². The zero-order chi connectivity index (χ0) is 15.3. The molecule has 1 aliphatic carbocycles. The van der Waals surface area contributed by atoms with E-state index < -0.39 is 10.3 Å². The van der Waals surface area contributed by atoms with Crippen LogP contribution in [0.1, 0.15) is 31.7 Å². The van der Waals surface area contributed by atoms with Gasteiger partial charge in [0.15, 0.2) is 0 Å². The van der Waals surface area contributed by atoms with Gasteiger partial charge < -0.3 is 10.1 Å². The maximum Gasteiger partial charge on any atom is 0.269 e. The summed E-state index contributed by atoms with van der Waals surface area (Å²) >= 11 is 0. The van der Waals surface area contributed by atoms with E-state index in [9.17, 15) is 14.9 Å². The summed E-state index contributed by atoms with van der Waals surface area (Å²) < 4.78 is 5.22. The van der Waals surface area contributed by atoms with Crippen LogP contribution in [-0.2, 0) is 14.9 Å². The molecule has 21 heavy (non-hydrogen) atoms. The fourth-order valence-electron chi connectivity index (χ4n) is 2.36. The summed E-state index contributed by atoms with van der Waals surface area (Å²) in [6, 6.07) is 6.28. The Kier molecular flexibility index (Phi) is 4.90. The summed E-state index contributed by atoms with van der Waals surface area (Å²) in [6.07, 6.45) is 2.38. The molecular formula is C15H20N2O4. The van der Waals surface area contributed by atoms with Crippen LogP contribution >= 0.6 is 0 Å². The van der Waals surface area contributed by atoms with E-state index in [0.29, 0.717) is 19.8 Å². The van der Waals surface area contributed by atoms with E-state index in [-0.39, 0.29) is 11.6 Å². The SMILES string of the molecule is CCOCCCNC(=O)C1(c2ccc([N+](=O)[O-])cc2)CC1. The first kappa shape index (κ1) is 15.4. The van der Waals surface area contributed by atoms with Crippen molar-refractivity contribution in [1.82, 2.24) is 5.32 Å². The van der Waals surface area contributed by atoms with E-state index in [1.54, 1.807) is 12.1 Å². The molecule has 0 bridgehead atoms. The van der Waals surface area contributed by atoms with E-state index in [1.165, 1.54) is 12.1 Å². The molecule has 1 aliphatic rings. The molecule has 0 spiro atoms. The molecule has 0 aliphatic heterocycles. The van der Waals surface area contributed by atoms with Crippen molar-refractivity contribution in [3.63, 3.8) is 0 Å². The number of hydrogen-bond donors (Lipinski definition) is 1. The van der Waals surface area contributed by atoms with Gasteiger partial charge in [-0.15, -0.1) is 0 Å².